The second kappa shape index (κ2) is 6.17. The van der Waals surface area contributed by atoms with Crippen LogP contribution in [0.1, 0.15) is 46.1 Å². The van der Waals surface area contributed by atoms with Gasteiger partial charge in [0, 0.05) is 24.8 Å². The smallest absolute Gasteiger partial charge is 0.0366 e. The van der Waals surface area contributed by atoms with Crippen molar-refractivity contribution in [2.75, 3.05) is 18.0 Å². The maximum atomic E-state index is 6.02. The van der Waals surface area contributed by atoms with E-state index in [2.05, 4.69) is 56.9 Å². The van der Waals surface area contributed by atoms with Crippen molar-refractivity contribution in [3.8, 4) is 0 Å². The van der Waals surface area contributed by atoms with Crippen molar-refractivity contribution < 1.29 is 0 Å². The fraction of sp³-hybridized carbons (Fsp3) is 0.667. The van der Waals surface area contributed by atoms with Gasteiger partial charge in [-0.15, -0.1) is 0 Å². The standard InChI is InChI=1S/C18H30N2/c1-5-16(19)12-14-6-8-17(9-7-14)20-11-10-15(13-20)18(2,3)4/h6-9,15-16H,5,10-13,19H2,1-4H3. The molecule has 2 nitrogen and oxygen atoms in total. The molecule has 2 atom stereocenters. The topological polar surface area (TPSA) is 29.3 Å². The highest BCUT2D eigenvalue weighted by atomic mass is 15.2. The minimum Gasteiger partial charge on any atom is -0.371 e. The Labute approximate surface area is 124 Å². The molecule has 0 saturated carbocycles. The Kier molecular flexibility index (Phi) is 4.74. The lowest BCUT2D eigenvalue weighted by molar-refractivity contribution is 0.263. The minimum atomic E-state index is 0.290. The van der Waals surface area contributed by atoms with E-state index < -0.39 is 0 Å². The molecule has 1 saturated heterocycles. The molecule has 0 amide bonds. The first-order valence-corrected chi connectivity index (χ1v) is 7.99. The average molecular weight is 274 g/mol. The van der Waals surface area contributed by atoms with Crippen molar-refractivity contribution in [2.24, 2.45) is 17.1 Å². The predicted molar refractivity (Wildman–Crippen MR) is 88.2 cm³/mol. The molecular formula is C18H30N2. The molecule has 112 valence electrons. The van der Waals surface area contributed by atoms with Crippen molar-refractivity contribution in [3.63, 3.8) is 0 Å². The summed E-state index contributed by atoms with van der Waals surface area (Å²) in [5, 5.41) is 0. The van der Waals surface area contributed by atoms with Gasteiger partial charge in [-0.1, -0.05) is 39.8 Å². The van der Waals surface area contributed by atoms with E-state index in [1.54, 1.807) is 0 Å². The molecule has 0 bridgehead atoms. The molecule has 1 aromatic carbocycles. The Bertz CT molecular complexity index is 416. The molecule has 0 aromatic heterocycles. The quantitative estimate of drug-likeness (QED) is 0.904. The second-order valence-corrected chi connectivity index (χ2v) is 7.34. The predicted octanol–water partition coefficient (Wildman–Crippen LogP) is 3.84. The lowest BCUT2D eigenvalue weighted by Gasteiger charge is -2.27. The summed E-state index contributed by atoms with van der Waals surface area (Å²) in [6, 6.07) is 9.31. The maximum Gasteiger partial charge on any atom is 0.0366 e. The molecule has 20 heavy (non-hydrogen) atoms. The van der Waals surface area contributed by atoms with E-state index in [1.165, 1.54) is 30.8 Å². The lowest BCUT2D eigenvalue weighted by Crippen LogP contribution is -2.25. The molecular weight excluding hydrogens is 244 g/mol. The van der Waals surface area contributed by atoms with E-state index in [4.69, 9.17) is 5.73 Å². The van der Waals surface area contributed by atoms with Crippen LogP contribution in [0.4, 0.5) is 5.69 Å². The normalized spacial score (nSPS) is 21.2. The summed E-state index contributed by atoms with van der Waals surface area (Å²) < 4.78 is 0. The van der Waals surface area contributed by atoms with Crippen LogP contribution in [-0.4, -0.2) is 19.1 Å². The zero-order valence-corrected chi connectivity index (χ0v) is 13.5. The Hall–Kier alpha value is -1.02. The second-order valence-electron chi connectivity index (χ2n) is 7.34. The van der Waals surface area contributed by atoms with Crippen LogP contribution >= 0.6 is 0 Å². The molecule has 2 heteroatoms. The van der Waals surface area contributed by atoms with Gasteiger partial charge in [0.05, 0.1) is 0 Å². The van der Waals surface area contributed by atoms with E-state index in [0.29, 0.717) is 5.41 Å². The zero-order chi connectivity index (χ0) is 14.8. The van der Waals surface area contributed by atoms with Crippen molar-refractivity contribution in [1.29, 1.82) is 0 Å². The van der Waals surface area contributed by atoms with Gasteiger partial charge >= 0.3 is 0 Å². The van der Waals surface area contributed by atoms with Crippen molar-refractivity contribution in [1.82, 2.24) is 0 Å². The fourth-order valence-corrected chi connectivity index (χ4v) is 2.99. The first kappa shape index (κ1) is 15.4. The minimum absolute atomic E-state index is 0.290. The van der Waals surface area contributed by atoms with Gasteiger partial charge in [0.25, 0.3) is 0 Å². The summed E-state index contributed by atoms with van der Waals surface area (Å²) in [6.45, 7) is 11.6. The molecule has 1 aliphatic heterocycles. The highest BCUT2D eigenvalue weighted by molar-refractivity contribution is 5.48. The highest BCUT2D eigenvalue weighted by Gasteiger charge is 2.31. The van der Waals surface area contributed by atoms with Gasteiger partial charge in [-0.05, 0) is 48.3 Å². The molecule has 1 fully saturated rings. The van der Waals surface area contributed by atoms with Crippen LogP contribution in [0.2, 0.25) is 0 Å². The van der Waals surface area contributed by atoms with Crippen LogP contribution < -0.4 is 10.6 Å². The molecule has 1 aromatic rings. The van der Waals surface area contributed by atoms with Crippen LogP contribution in [0.3, 0.4) is 0 Å². The van der Waals surface area contributed by atoms with Crippen LogP contribution in [0, 0.1) is 11.3 Å². The van der Waals surface area contributed by atoms with E-state index in [-0.39, 0.29) is 6.04 Å². The third-order valence-electron chi connectivity index (χ3n) is 4.74. The van der Waals surface area contributed by atoms with E-state index >= 15 is 0 Å². The van der Waals surface area contributed by atoms with E-state index in [9.17, 15) is 0 Å². The fourth-order valence-electron chi connectivity index (χ4n) is 2.99. The Morgan fingerprint density at radius 2 is 1.90 bits per heavy atom. The largest absolute Gasteiger partial charge is 0.371 e. The van der Waals surface area contributed by atoms with Gasteiger partial charge in [-0.3, -0.25) is 0 Å². The number of hydrogen-bond donors (Lipinski definition) is 1. The number of nitrogens with zero attached hydrogens (tertiary/aromatic N) is 1. The molecule has 0 aliphatic carbocycles. The molecule has 1 aliphatic rings. The number of rotatable bonds is 4. The third kappa shape index (κ3) is 3.76. The van der Waals surface area contributed by atoms with Crippen LogP contribution in [0.15, 0.2) is 24.3 Å². The van der Waals surface area contributed by atoms with Crippen molar-refractivity contribution in [2.45, 2.75) is 53.0 Å². The summed E-state index contributed by atoms with van der Waals surface area (Å²) in [7, 11) is 0. The number of nitrogens with two attached hydrogens (primary N) is 1. The van der Waals surface area contributed by atoms with Crippen LogP contribution in [0.5, 0.6) is 0 Å². The molecule has 2 unspecified atom stereocenters. The molecule has 2 rings (SSSR count). The van der Waals surface area contributed by atoms with Gasteiger partial charge < -0.3 is 10.6 Å². The maximum absolute atomic E-state index is 6.02. The summed E-state index contributed by atoms with van der Waals surface area (Å²) in [4.78, 5) is 2.53. The van der Waals surface area contributed by atoms with Gasteiger partial charge in [0.15, 0.2) is 0 Å². The summed E-state index contributed by atoms with van der Waals surface area (Å²) in [5.74, 6) is 0.802. The van der Waals surface area contributed by atoms with Gasteiger partial charge in [-0.25, -0.2) is 0 Å². The molecule has 1 heterocycles. The highest BCUT2D eigenvalue weighted by Crippen LogP contribution is 2.35. The monoisotopic (exact) mass is 274 g/mol. The number of anilines is 1. The number of hydrogen-bond acceptors (Lipinski definition) is 2. The summed E-state index contributed by atoms with van der Waals surface area (Å²) in [6.07, 6.45) is 3.34. The third-order valence-corrected chi connectivity index (χ3v) is 4.74. The Morgan fingerprint density at radius 3 is 2.40 bits per heavy atom. The van der Waals surface area contributed by atoms with E-state index in [0.717, 1.165) is 18.8 Å². The van der Waals surface area contributed by atoms with Crippen molar-refractivity contribution in [3.05, 3.63) is 29.8 Å². The molecule has 0 radical (unpaired) electrons. The van der Waals surface area contributed by atoms with Gasteiger partial charge in [0.2, 0.25) is 0 Å². The zero-order valence-electron chi connectivity index (χ0n) is 13.5. The lowest BCUT2D eigenvalue weighted by atomic mass is 9.80. The Balaban J connectivity index is 1.97. The molecule has 0 spiro atoms. The van der Waals surface area contributed by atoms with Crippen LogP contribution in [-0.2, 0) is 6.42 Å². The summed E-state index contributed by atoms with van der Waals surface area (Å²) >= 11 is 0. The summed E-state index contributed by atoms with van der Waals surface area (Å²) in [5.41, 5.74) is 9.16. The molecule has 2 N–H and O–H groups in total. The van der Waals surface area contributed by atoms with Crippen LogP contribution in [0.25, 0.3) is 0 Å². The van der Waals surface area contributed by atoms with Gasteiger partial charge in [0.1, 0.15) is 0 Å². The average Bonchev–Trinajstić information content (AvgIpc) is 2.89. The van der Waals surface area contributed by atoms with Gasteiger partial charge in [-0.2, -0.15) is 0 Å². The first-order chi connectivity index (χ1) is 9.40. The van der Waals surface area contributed by atoms with Crippen molar-refractivity contribution >= 4 is 5.69 Å². The first-order valence-electron chi connectivity index (χ1n) is 7.99. The SMILES string of the molecule is CCC(N)Cc1ccc(N2CCC(C(C)(C)C)C2)cc1. The van der Waals surface area contributed by atoms with E-state index in [1.807, 2.05) is 0 Å². The Morgan fingerprint density at radius 1 is 1.25 bits per heavy atom. The number of benzene rings is 1.